The molecule has 1 atom stereocenters. The van der Waals surface area contributed by atoms with Gasteiger partial charge in [-0.2, -0.15) is 0 Å². The van der Waals surface area contributed by atoms with Gasteiger partial charge < -0.3 is 10.2 Å². The molecule has 0 aliphatic carbocycles. The summed E-state index contributed by atoms with van der Waals surface area (Å²) in [4.78, 5) is 43.4. The quantitative estimate of drug-likeness (QED) is 0.179. The van der Waals surface area contributed by atoms with E-state index in [1.807, 2.05) is 17.5 Å². The van der Waals surface area contributed by atoms with Crippen LogP contribution in [-0.4, -0.2) is 32.9 Å². The maximum atomic E-state index is 13.3. The number of carboxylic acid groups (broad SMARTS) is 1. The molecule has 4 aromatic rings. The zero-order valence-corrected chi connectivity index (χ0v) is 20.9. The lowest BCUT2D eigenvalue weighted by Gasteiger charge is -2.25. The average molecular weight is 561 g/mol. The van der Waals surface area contributed by atoms with Gasteiger partial charge in [0.15, 0.2) is 0 Å². The number of ketones is 1. The van der Waals surface area contributed by atoms with Crippen LogP contribution in [0.4, 0.5) is 5.69 Å². The Morgan fingerprint density at radius 3 is 2.11 bits per heavy atom. The average Bonchev–Trinajstić information content (AvgIpc) is 3.51. The van der Waals surface area contributed by atoms with E-state index in [2.05, 4.69) is 20.9 Å². The van der Waals surface area contributed by atoms with Crippen molar-refractivity contribution in [1.29, 1.82) is 0 Å². The molecule has 1 aliphatic heterocycles. The summed E-state index contributed by atoms with van der Waals surface area (Å²) in [5, 5.41) is 23.1. The Hall–Kier alpha value is -4.08. The van der Waals surface area contributed by atoms with Gasteiger partial charge in [-0.15, -0.1) is 11.3 Å². The van der Waals surface area contributed by atoms with Crippen molar-refractivity contribution in [3.8, 4) is 10.6 Å². The van der Waals surface area contributed by atoms with Crippen LogP contribution in [0, 0.1) is 0 Å². The number of benzene rings is 3. The number of halogens is 1. The lowest BCUT2D eigenvalue weighted by molar-refractivity contribution is -0.132. The monoisotopic (exact) mass is 560 g/mol. The molecule has 1 fully saturated rings. The number of thiazole rings is 1. The van der Waals surface area contributed by atoms with Gasteiger partial charge in [-0.3, -0.25) is 14.5 Å². The summed E-state index contributed by atoms with van der Waals surface area (Å²) in [6, 6.07) is 18.8. The molecule has 3 aromatic carbocycles. The maximum absolute atomic E-state index is 13.3. The van der Waals surface area contributed by atoms with Crippen LogP contribution in [-0.2, 0) is 9.59 Å². The van der Waals surface area contributed by atoms with Gasteiger partial charge in [0.1, 0.15) is 10.8 Å². The molecular formula is C27H17BrN2O5S. The smallest absolute Gasteiger partial charge is 0.335 e. The van der Waals surface area contributed by atoms with Crippen LogP contribution >= 0.6 is 27.3 Å². The van der Waals surface area contributed by atoms with Crippen molar-refractivity contribution in [2.75, 3.05) is 4.90 Å². The predicted octanol–water partition coefficient (Wildman–Crippen LogP) is 5.90. The van der Waals surface area contributed by atoms with Crippen molar-refractivity contribution in [2.45, 2.75) is 6.04 Å². The Balaban J connectivity index is 1.66. The van der Waals surface area contributed by atoms with E-state index in [0.717, 1.165) is 15.0 Å². The summed E-state index contributed by atoms with van der Waals surface area (Å²) in [7, 11) is 0. The number of aromatic carboxylic acids is 1. The highest BCUT2D eigenvalue weighted by Gasteiger charge is 2.47. The molecule has 1 aromatic heterocycles. The Morgan fingerprint density at radius 2 is 1.53 bits per heavy atom. The second-order valence-electron chi connectivity index (χ2n) is 7.99. The molecule has 1 saturated heterocycles. The van der Waals surface area contributed by atoms with Crippen LogP contribution in [0.2, 0.25) is 0 Å². The van der Waals surface area contributed by atoms with E-state index in [1.54, 1.807) is 42.6 Å². The number of carbonyl (C=O) groups excluding carboxylic acids is 2. The molecule has 7 nitrogen and oxygen atoms in total. The minimum atomic E-state index is -1.10. The largest absolute Gasteiger partial charge is 0.507 e. The van der Waals surface area contributed by atoms with Crippen LogP contribution in [0.15, 0.2) is 94.4 Å². The van der Waals surface area contributed by atoms with Crippen LogP contribution < -0.4 is 4.90 Å². The van der Waals surface area contributed by atoms with E-state index < -0.39 is 23.7 Å². The minimum absolute atomic E-state index is 0.0494. The van der Waals surface area contributed by atoms with E-state index in [-0.39, 0.29) is 16.9 Å². The number of rotatable bonds is 5. The number of Topliss-reactive ketones (excluding diaryl/α,β-unsaturated/α-hetero) is 1. The highest BCUT2D eigenvalue weighted by atomic mass is 79.9. The first-order valence-corrected chi connectivity index (χ1v) is 12.4. The summed E-state index contributed by atoms with van der Waals surface area (Å²) in [6.45, 7) is 0. The molecular weight excluding hydrogens is 544 g/mol. The molecule has 178 valence electrons. The maximum Gasteiger partial charge on any atom is 0.335 e. The van der Waals surface area contributed by atoms with Gasteiger partial charge >= 0.3 is 5.97 Å². The van der Waals surface area contributed by atoms with Crippen molar-refractivity contribution < 1.29 is 24.6 Å². The lowest BCUT2D eigenvalue weighted by Crippen LogP contribution is -2.29. The fraction of sp³-hybridized carbons (Fsp3) is 0.0370. The standard InChI is InChI=1S/C27H17BrN2O5S/c28-19-9-5-16(6-10-19)23(31)21-22(15-1-3-17(4-2-15)25-29-13-14-36-25)30(26(33)24(21)32)20-11-7-18(8-12-20)27(34)35/h1-14,22,31H,(H,34,35)/b23-21+. The molecule has 0 bridgehead atoms. The number of aromatic nitrogens is 1. The van der Waals surface area contributed by atoms with Gasteiger partial charge in [0, 0.05) is 32.9 Å². The Bertz CT molecular complexity index is 1500. The summed E-state index contributed by atoms with van der Waals surface area (Å²) < 4.78 is 0.798. The number of hydrogen-bond acceptors (Lipinski definition) is 6. The van der Waals surface area contributed by atoms with E-state index in [0.29, 0.717) is 16.8 Å². The number of aliphatic hydroxyl groups is 1. The number of anilines is 1. The number of carboxylic acids is 1. The molecule has 1 aliphatic rings. The number of nitrogens with zero attached hydrogens (tertiary/aromatic N) is 2. The first kappa shape index (κ1) is 23.7. The molecule has 1 amide bonds. The summed E-state index contributed by atoms with van der Waals surface area (Å²) in [5.41, 5.74) is 2.22. The molecule has 2 heterocycles. The highest BCUT2D eigenvalue weighted by Crippen LogP contribution is 2.42. The van der Waals surface area contributed by atoms with Crippen molar-refractivity contribution in [3.63, 3.8) is 0 Å². The Labute approximate surface area is 218 Å². The van der Waals surface area contributed by atoms with E-state index >= 15 is 0 Å². The zero-order valence-electron chi connectivity index (χ0n) is 18.5. The third-order valence-electron chi connectivity index (χ3n) is 5.86. The predicted molar refractivity (Wildman–Crippen MR) is 140 cm³/mol. The minimum Gasteiger partial charge on any atom is -0.507 e. The SMILES string of the molecule is O=C1C(=O)N(c2ccc(C(=O)O)cc2)C(c2ccc(-c3nccs3)cc2)/C1=C(\O)c1ccc(Br)cc1. The van der Waals surface area contributed by atoms with Crippen LogP contribution in [0.25, 0.3) is 16.3 Å². The Morgan fingerprint density at radius 1 is 0.889 bits per heavy atom. The van der Waals surface area contributed by atoms with Crippen molar-refractivity contribution in [2.24, 2.45) is 0 Å². The first-order chi connectivity index (χ1) is 17.3. The fourth-order valence-corrected chi connectivity index (χ4v) is 5.02. The van der Waals surface area contributed by atoms with Gasteiger partial charge in [0.05, 0.1) is 17.2 Å². The van der Waals surface area contributed by atoms with Gasteiger partial charge in [0.2, 0.25) is 0 Å². The molecule has 9 heteroatoms. The van der Waals surface area contributed by atoms with Gasteiger partial charge in [0.25, 0.3) is 11.7 Å². The molecule has 0 spiro atoms. The van der Waals surface area contributed by atoms with Crippen molar-refractivity contribution in [3.05, 3.63) is 111 Å². The second-order valence-corrected chi connectivity index (χ2v) is 9.80. The van der Waals surface area contributed by atoms with Gasteiger partial charge in [-0.25, -0.2) is 9.78 Å². The normalized spacial score (nSPS) is 16.9. The van der Waals surface area contributed by atoms with E-state index in [9.17, 15) is 24.6 Å². The van der Waals surface area contributed by atoms with Gasteiger partial charge in [-0.1, -0.05) is 52.3 Å². The molecule has 2 N–H and O–H groups in total. The first-order valence-electron chi connectivity index (χ1n) is 10.8. The topological polar surface area (TPSA) is 108 Å². The number of amides is 1. The van der Waals surface area contributed by atoms with Crippen molar-refractivity contribution in [1.82, 2.24) is 4.98 Å². The number of carbonyl (C=O) groups is 3. The molecule has 5 rings (SSSR count). The van der Waals surface area contributed by atoms with E-state index in [1.165, 1.54) is 40.5 Å². The molecule has 0 saturated carbocycles. The van der Waals surface area contributed by atoms with Crippen LogP contribution in [0.5, 0.6) is 0 Å². The third-order valence-corrected chi connectivity index (χ3v) is 7.21. The van der Waals surface area contributed by atoms with Crippen LogP contribution in [0.1, 0.15) is 27.5 Å². The van der Waals surface area contributed by atoms with Crippen molar-refractivity contribution >= 4 is 56.4 Å². The second kappa shape index (κ2) is 9.52. The van der Waals surface area contributed by atoms with Crippen LogP contribution in [0.3, 0.4) is 0 Å². The number of hydrogen-bond donors (Lipinski definition) is 2. The number of aliphatic hydroxyl groups excluding tert-OH is 1. The zero-order chi connectivity index (χ0) is 25.4. The molecule has 0 radical (unpaired) electrons. The van der Waals surface area contributed by atoms with E-state index in [4.69, 9.17) is 0 Å². The third kappa shape index (κ3) is 4.23. The summed E-state index contributed by atoms with van der Waals surface area (Å²) in [6.07, 6.45) is 1.71. The summed E-state index contributed by atoms with van der Waals surface area (Å²) >= 11 is 4.84. The lowest BCUT2D eigenvalue weighted by atomic mass is 9.94. The highest BCUT2D eigenvalue weighted by molar-refractivity contribution is 9.10. The molecule has 1 unspecified atom stereocenters. The summed E-state index contributed by atoms with van der Waals surface area (Å²) in [5.74, 6) is -3.04. The fourth-order valence-electron chi connectivity index (χ4n) is 4.12. The van der Waals surface area contributed by atoms with Gasteiger partial charge in [-0.05, 0) is 42.0 Å². The molecule has 36 heavy (non-hydrogen) atoms. The Kier molecular flexibility index (Phi) is 6.26.